The Balaban J connectivity index is 1.35. The van der Waals surface area contributed by atoms with Crippen LogP contribution < -0.4 is 16.0 Å². The van der Waals surface area contributed by atoms with E-state index < -0.39 is 34.6 Å². The molecule has 0 radical (unpaired) electrons. The first-order valence-electron chi connectivity index (χ1n) is 14.1. The number of benzene rings is 5. The summed E-state index contributed by atoms with van der Waals surface area (Å²) in [6.07, 6.45) is 1.18. The van der Waals surface area contributed by atoms with Gasteiger partial charge in [-0.25, -0.2) is 8.78 Å². The molecule has 3 N–H and O–H groups in total. The fourth-order valence-electron chi connectivity index (χ4n) is 4.38. The third kappa shape index (κ3) is 8.94. The Morgan fingerprint density at radius 1 is 0.766 bits per heavy atom. The molecular formula is C36H25BrClF2N3O3S. The van der Waals surface area contributed by atoms with Crippen LogP contribution in [-0.2, 0) is 9.59 Å². The summed E-state index contributed by atoms with van der Waals surface area (Å²) in [5, 5.41) is 7.28. The van der Waals surface area contributed by atoms with E-state index in [0.29, 0.717) is 26.2 Å². The van der Waals surface area contributed by atoms with E-state index >= 15 is 0 Å². The van der Waals surface area contributed by atoms with Crippen molar-refractivity contribution in [3.05, 3.63) is 165 Å². The van der Waals surface area contributed by atoms with Gasteiger partial charge in [-0.1, -0.05) is 82.1 Å². The molecule has 0 fully saturated rings. The number of halogens is 4. The lowest BCUT2D eigenvalue weighted by Crippen LogP contribution is -2.30. The highest BCUT2D eigenvalue weighted by Gasteiger charge is 2.23. The van der Waals surface area contributed by atoms with E-state index in [-0.39, 0.29) is 22.0 Å². The summed E-state index contributed by atoms with van der Waals surface area (Å²) in [6.45, 7) is 0. The van der Waals surface area contributed by atoms with Gasteiger partial charge in [0.2, 0.25) is 5.91 Å². The number of nitrogens with one attached hydrogen (secondary N) is 3. The lowest BCUT2D eigenvalue weighted by atomic mass is 10.1. The molecule has 0 aromatic heterocycles. The van der Waals surface area contributed by atoms with Crippen LogP contribution in [0.25, 0.3) is 6.08 Å². The van der Waals surface area contributed by atoms with E-state index in [1.54, 1.807) is 60.7 Å². The number of carbonyl (C=O) groups is 3. The Morgan fingerprint density at radius 3 is 2.11 bits per heavy atom. The zero-order valence-electron chi connectivity index (χ0n) is 24.3. The smallest absolute Gasteiger partial charge is 0.272 e. The van der Waals surface area contributed by atoms with Crippen LogP contribution in [0.3, 0.4) is 0 Å². The molecule has 0 bridgehead atoms. The predicted molar refractivity (Wildman–Crippen MR) is 186 cm³/mol. The Hall–Kier alpha value is -4.77. The van der Waals surface area contributed by atoms with Gasteiger partial charge < -0.3 is 16.0 Å². The lowest BCUT2D eigenvalue weighted by Gasteiger charge is -2.18. The summed E-state index contributed by atoms with van der Waals surface area (Å²) in [5.41, 5.74) is 1.14. The van der Waals surface area contributed by atoms with Gasteiger partial charge in [-0.3, -0.25) is 14.4 Å². The monoisotopic (exact) mass is 731 g/mol. The Labute approximate surface area is 287 Å². The van der Waals surface area contributed by atoms with Crippen LogP contribution in [0.1, 0.15) is 26.7 Å². The van der Waals surface area contributed by atoms with Crippen molar-refractivity contribution in [2.45, 2.75) is 10.1 Å². The third-order valence-corrected chi connectivity index (χ3v) is 8.80. The number of anilines is 2. The van der Waals surface area contributed by atoms with Gasteiger partial charge in [0.15, 0.2) is 0 Å². The second-order valence-electron chi connectivity index (χ2n) is 10.0. The molecule has 3 amide bonds. The molecule has 1 atom stereocenters. The number of hydrogen-bond acceptors (Lipinski definition) is 4. The van der Waals surface area contributed by atoms with Gasteiger partial charge >= 0.3 is 0 Å². The van der Waals surface area contributed by atoms with Crippen molar-refractivity contribution in [2.75, 3.05) is 10.6 Å². The topological polar surface area (TPSA) is 87.3 Å². The molecule has 1 unspecified atom stereocenters. The van der Waals surface area contributed by atoms with Crippen molar-refractivity contribution in [1.82, 2.24) is 5.32 Å². The number of thioether (sulfide) groups is 1. The van der Waals surface area contributed by atoms with Gasteiger partial charge in [-0.2, -0.15) is 0 Å². The van der Waals surface area contributed by atoms with Crippen molar-refractivity contribution in [2.24, 2.45) is 0 Å². The first-order chi connectivity index (χ1) is 22.7. The molecule has 5 rings (SSSR count). The molecule has 0 saturated carbocycles. The quantitative estimate of drug-likeness (QED) is 0.0987. The molecule has 0 spiro atoms. The molecule has 0 aliphatic rings. The molecule has 47 heavy (non-hydrogen) atoms. The highest BCUT2D eigenvalue weighted by molar-refractivity contribution is 9.10. The van der Waals surface area contributed by atoms with E-state index in [1.165, 1.54) is 48.2 Å². The normalized spacial score (nSPS) is 11.8. The van der Waals surface area contributed by atoms with Crippen LogP contribution in [-0.4, -0.2) is 17.7 Å². The van der Waals surface area contributed by atoms with Crippen LogP contribution >= 0.6 is 39.3 Å². The highest BCUT2D eigenvalue weighted by Crippen LogP contribution is 2.37. The first-order valence-corrected chi connectivity index (χ1v) is 16.1. The van der Waals surface area contributed by atoms with Crippen LogP contribution in [0.15, 0.2) is 136 Å². The number of carbonyl (C=O) groups excluding carboxylic acids is 3. The third-order valence-electron chi connectivity index (χ3n) is 6.71. The first kappa shape index (κ1) is 33.6. The van der Waals surface area contributed by atoms with Crippen LogP contribution in [0, 0.1) is 11.6 Å². The largest absolute Gasteiger partial charge is 0.322 e. The molecule has 0 heterocycles. The van der Waals surface area contributed by atoms with Gasteiger partial charge in [0, 0.05) is 26.2 Å². The summed E-state index contributed by atoms with van der Waals surface area (Å²) in [5.74, 6) is -2.95. The molecule has 5 aromatic rings. The molecule has 6 nitrogen and oxygen atoms in total. The molecule has 0 aliphatic carbocycles. The zero-order chi connectivity index (χ0) is 33.3. The second kappa shape index (κ2) is 15.7. The minimum atomic E-state index is -0.729. The van der Waals surface area contributed by atoms with Crippen molar-refractivity contribution < 1.29 is 23.2 Å². The van der Waals surface area contributed by atoms with Gasteiger partial charge in [-0.15, -0.1) is 11.8 Å². The maximum Gasteiger partial charge on any atom is 0.272 e. The second-order valence-corrected chi connectivity index (χ2v) is 12.5. The number of rotatable bonds is 10. The summed E-state index contributed by atoms with van der Waals surface area (Å²) < 4.78 is 29.7. The summed E-state index contributed by atoms with van der Waals surface area (Å²) >= 11 is 10.7. The lowest BCUT2D eigenvalue weighted by molar-refractivity contribution is -0.116. The average molecular weight is 733 g/mol. The van der Waals surface area contributed by atoms with Gasteiger partial charge in [0.05, 0.1) is 10.7 Å². The maximum absolute atomic E-state index is 14.6. The number of hydrogen-bond donors (Lipinski definition) is 3. The standard InChI is InChI=1S/C36H25BrClF2N3O3S/c37-24-14-19-31(30(40)20-24)42-36(46)33(22-8-3-1-4-9-22)47-26-17-15-25(16-18-26)41-35(45)32(21-27-28(38)12-7-13-29(27)39)43-34(44)23-10-5-2-6-11-23/h1-21,33H,(H,41,45)(H,42,46)(H,43,44)/b32-21-. The molecule has 0 aliphatic heterocycles. The summed E-state index contributed by atoms with van der Waals surface area (Å²) in [7, 11) is 0. The molecular weight excluding hydrogens is 708 g/mol. The number of amides is 3. The van der Waals surface area contributed by atoms with E-state index in [1.807, 2.05) is 30.3 Å². The molecule has 236 valence electrons. The minimum Gasteiger partial charge on any atom is -0.322 e. The molecule has 5 aromatic carbocycles. The summed E-state index contributed by atoms with van der Waals surface area (Å²) in [6, 6.07) is 32.5. The Kier molecular flexibility index (Phi) is 11.2. The van der Waals surface area contributed by atoms with E-state index in [0.717, 1.165) is 0 Å². The van der Waals surface area contributed by atoms with Gasteiger partial charge in [-0.05, 0) is 78.4 Å². The Morgan fingerprint density at radius 2 is 1.45 bits per heavy atom. The van der Waals surface area contributed by atoms with Gasteiger partial charge in [0.1, 0.15) is 22.6 Å². The summed E-state index contributed by atoms with van der Waals surface area (Å²) in [4.78, 5) is 40.4. The van der Waals surface area contributed by atoms with Gasteiger partial charge in [0.25, 0.3) is 11.8 Å². The molecule has 11 heteroatoms. The van der Waals surface area contributed by atoms with Crippen molar-refractivity contribution in [3.8, 4) is 0 Å². The fourth-order valence-corrected chi connectivity index (χ4v) is 5.95. The predicted octanol–water partition coefficient (Wildman–Crippen LogP) is 9.26. The van der Waals surface area contributed by atoms with E-state index in [4.69, 9.17) is 11.6 Å². The van der Waals surface area contributed by atoms with Crippen molar-refractivity contribution in [3.63, 3.8) is 0 Å². The minimum absolute atomic E-state index is 0.0534. The zero-order valence-corrected chi connectivity index (χ0v) is 27.5. The van der Waals surface area contributed by atoms with Crippen LogP contribution in [0.4, 0.5) is 20.2 Å². The van der Waals surface area contributed by atoms with E-state index in [2.05, 4.69) is 31.9 Å². The fraction of sp³-hybridized carbons (Fsp3) is 0.0278. The maximum atomic E-state index is 14.6. The molecule has 0 saturated heterocycles. The van der Waals surface area contributed by atoms with Crippen molar-refractivity contribution >= 4 is 74.5 Å². The Bertz CT molecular complexity index is 1930. The average Bonchev–Trinajstić information content (AvgIpc) is 3.07. The SMILES string of the molecule is O=C(Nc1ccc(SC(C(=O)Nc2ccc(Br)cc2F)c2ccccc2)cc1)/C(=C/c1c(F)cccc1Cl)NC(=O)c1ccccc1. The van der Waals surface area contributed by atoms with Crippen molar-refractivity contribution in [1.29, 1.82) is 0 Å². The van der Waals surface area contributed by atoms with Crippen LogP contribution in [0.5, 0.6) is 0 Å². The highest BCUT2D eigenvalue weighted by atomic mass is 79.9. The van der Waals surface area contributed by atoms with Crippen LogP contribution in [0.2, 0.25) is 5.02 Å². The van der Waals surface area contributed by atoms with E-state index in [9.17, 15) is 23.2 Å².